The summed E-state index contributed by atoms with van der Waals surface area (Å²) in [4.78, 5) is 32.6. The molecule has 0 atom stereocenters. The summed E-state index contributed by atoms with van der Waals surface area (Å²) in [5, 5.41) is 25.4. The van der Waals surface area contributed by atoms with Gasteiger partial charge in [-0.1, -0.05) is 13.8 Å². The highest BCUT2D eigenvalue weighted by Crippen LogP contribution is 2.40. The average Bonchev–Trinajstić information content (AvgIpc) is 2.43. The number of hydrogen-bond acceptors (Lipinski definition) is 6. The standard InChI is InChI=1S/C13H18N4O5/c1-4-8(5-2)15-11-9(16(19)20)6-7(3)10(13(14)18)12(11)17(21)22/h6,8,15H,4-5H2,1-3H3,(H2,14,18). The maximum atomic E-state index is 11.5. The van der Waals surface area contributed by atoms with Gasteiger partial charge in [-0.15, -0.1) is 0 Å². The summed E-state index contributed by atoms with van der Waals surface area (Å²) in [6, 6.07) is 0.929. The first-order valence-corrected chi connectivity index (χ1v) is 6.77. The van der Waals surface area contributed by atoms with Crippen molar-refractivity contribution in [3.63, 3.8) is 0 Å². The molecule has 120 valence electrons. The van der Waals surface area contributed by atoms with Crippen LogP contribution in [0.5, 0.6) is 0 Å². The summed E-state index contributed by atoms with van der Waals surface area (Å²) in [5.74, 6) is -0.994. The number of nitro groups is 2. The molecular formula is C13H18N4O5. The Labute approximate surface area is 126 Å². The van der Waals surface area contributed by atoms with Crippen LogP contribution in [0.15, 0.2) is 6.07 Å². The van der Waals surface area contributed by atoms with Crippen LogP contribution in [0.3, 0.4) is 0 Å². The van der Waals surface area contributed by atoms with E-state index in [0.717, 1.165) is 6.07 Å². The lowest BCUT2D eigenvalue weighted by molar-refractivity contribution is -0.392. The van der Waals surface area contributed by atoms with E-state index in [-0.39, 0.29) is 22.9 Å². The first kappa shape index (κ1) is 17.3. The summed E-state index contributed by atoms with van der Waals surface area (Å²) in [7, 11) is 0. The van der Waals surface area contributed by atoms with Gasteiger partial charge in [0.15, 0.2) is 5.69 Å². The average molecular weight is 310 g/mol. The van der Waals surface area contributed by atoms with Gasteiger partial charge in [0, 0.05) is 12.1 Å². The molecule has 1 aromatic rings. The van der Waals surface area contributed by atoms with Crippen LogP contribution in [-0.4, -0.2) is 21.8 Å². The lowest BCUT2D eigenvalue weighted by Gasteiger charge is -2.17. The third kappa shape index (κ3) is 3.30. The molecule has 0 aliphatic carbocycles. The Morgan fingerprint density at radius 3 is 2.18 bits per heavy atom. The number of rotatable bonds is 7. The number of benzene rings is 1. The van der Waals surface area contributed by atoms with E-state index in [0.29, 0.717) is 12.8 Å². The fourth-order valence-electron chi connectivity index (χ4n) is 2.26. The van der Waals surface area contributed by atoms with Crippen molar-refractivity contribution in [3.8, 4) is 0 Å². The van der Waals surface area contributed by atoms with E-state index < -0.39 is 27.1 Å². The van der Waals surface area contributed by atoms with Crippen LogP contribution in [-0.2, 0) is 0 Å². The van der Waals surface area contributed by atoms with E-state index in [1.165, 1.54) is 6.92 Å². The number of amides is 1. The number of carbonyl (C=O) groups excluding carboxylic acids is 1. The SMILES string of the molecule is CCC(CC)Nc1c([N+](=O)[O-])cc(C)c(C(N)=O)c1[N+](=O)[O-]. The van der Waals surface area contributed by atoms with Crippen molar-refractivity contribution < 1.29 is 14.6 Å². The molecule has 0 aliphatic rings. The van der Waals surface area contributed by atoms with Crippen LogP contribution in [0.2, 0.25) is 0 Å². The fraction of sp³-hybridized carbons (Fsp3) is 0.462. The van der Waals surface area contributed by atoms with Crippen molar-refractivity contribution in [2.75, 3.05) is 5.32 Å². The number of hydrogen-bond donors (Lipinski definition) is 2. The maximum Gasteiger partial charge on any atom is 0.312 e. The second-order valence-corrected chi connectivity index (χ2v) is 4.85. The minimum absolute atomic E-state index is 0.0981. The summed E-state index contributed by atoms with van der Waals surface area (Å²) in [6.07, 6.45) is 1.23. The number of anilines is 1. The van der Waals surface area contributed by atoms with Crippen LogP contribution in [0.1, 0.15) is 42.6 Å². The molecule has 0 saturated heterocycles. The third-order valence-electron chi connectivity index (χ3n) is 3.44. The van der Waals surface area contributed by atoms with Gasteiger partial charge in [0.25, 0.3) is 11.6 Å². The maximum absolute atomic E-state index is 11.5. The van der Waals surface area contributed by atoms with Gasteiger partial charge in [0.1, 0.15) is 5.56 Å². The lowest BCUT2D eigenvalue weighted by Crippen LogP contribution is -2.22. The fourth-order valence-corrected chi connectivity index (χ4v) is 2.26. The molecule has 1 amide bonds. The van der Waals surface area contributed by atoms with Crippen LogP contribution in [0.25, 0.3) is 0 Å². The molecule has 9 nitrogen and oxygen atoms in total. The predicted octanol–water partition coefficient (Wildman–Crippen LogP) is 2.51. The smallest absolute Gasteiger partial charge is 0.312 e. The highest BCUT2D eigenvalue weighted by atomic mass is 16.6. The highest BCUT2D eigenvalue weighted by molar-refractivity contribution is 6.02. The third-order valence-corrected chi connectivity index (χ3v) is 3.44. The van der Waals surface area contributed by atoms with Crippen LogP contribution in [0.4, 0.5) is 17.1 Å². The van der Waals surface area contributed by atoms with Crippen molar-refractivity contribution >= 4 is 23.0 Å². The van der Waals surface area contributed by atoms with Gasteiger partial charge >= 0.3 is 5.69 Å². The van der Waals surface area contributed by atoms with Crippen LogP contribution >= 0.6 is 0 Å². The zero-order chi connectivity index (χ0) is 17.0. The molecular weight excluding hydrogens is 292 g/mol. The monoisotopic (exact) mass is 310 g/mol. The first-order chi connectivity index (χ1) is 10.2. The lowest BCUT2D eigenvalue weighted by atomic mass is 10.0. The Morgan fingerprint density at radius 2 is 1.82 bits per heavy atom. The summed E-state index contributed by atoms with van der Waals surface area (Å²) < 4.78 is 0. The predicted molar refractivity (Wildman–Crippen MR) is 81.0 cm³/mol. The van der Waals surface area contributed by atoms with Crippen LogP contribution in [0, 0.1) is 27.2 Å². The van der Waals surface area contributed by atoms with Gasteiger partial charge in [-0.2, -0.15) is 0 Å². The van der Waals surface area contributed by atoms with Crippen molar-refractivity contribution in [2.45, 2.75) is 39.7 Å². The van der Waals surface area contributed by atoms with Crippen LogP contribution < -0.4 is 11.1 Å². The van der Waals surface area contributed by atoms with Crippen molar-refractivity contribution in [2.24, 2.45) is 5.73 Å². The molecule has 0 aromatic heterocycles. The topological polar surface area (TPSA) is 141 Å². The molecule has 1 aromatic carbocycles. The number of nitrogens with zero attached hydrogens (tertiary/aromatic N) is 2. The first-order valence-electron chi connectivity index (χ1n) is 6.77. The Bertz CT molecular complexity index is 625. The Hall–Kier alpha value is -2.71. The van der Waals surface area contributed by atoms with Crippen molar-refractivity contribution in [1.82, 2.24) is 0 Å². The molecule has 0 bridgehead atoms. The highest BCUT2D eigenvalue weighted by Gasteiger charge is 2.34. The minimum atomic E-state index is -0.994. The molecule has 0 unspecified atom stereocenters. The second-order valence-electron chi connectivity index (χ2n) is 4.85. The zero-order valence-electron chi connectivity index (χ0n) is 12.6. The van der Waals surface area contributed by atoms with E-state index in [2.05, 4.69) is 5.32 Å². The summed E-state index contributed by atoms with van der Waals surface area (Å²) in [5.41, 5.74) is 3.62. The second kappa shape index (κ2) is 6.83. The van der Waals surface area contributed by atoms with Gasteiger partial charge < -0.3 is 11.1 Å². The molecule has 3 N–H and O–H groups in total. The number of primary amides is 1. The van der Waals surface area contributed by atoms with E-state index >= 15 is 0 Å². The number of nitro benzene ring substituents is 2. The van der Waals surface area contributed by atoms with E-state index in [9.17, 15) is 25.0 Å². The normalized spacial score (nSPS) is 10.5. The van der Waals surface area contributed by atoms with E-state index in [4.69, 9.17) is 5.73 Å². The molecule has 0 aliphatic heterocycles. The van der Waals surface area contributed by atoms with Crippen molar-refractivity contribution in [1.29, 1.82) is 0 Å². The number of nitrogens with two attached hydrogens (primary N) is 1. The Balaban J connectivity index is 3.73. The molecule has 0 fully saturated rings. The molecule has 9 heteroatoms. The quantitative estimate of drug-likeness (QED) is 0.585. The van der Waals surface area contributed by atoms with Gasteiger partial charge in [-0.3, -0.25) is 25.0 Å². The molecule has 0 spiro atoms. The van der Waals surface area contributed by atoms with E-state index in [1.807, 2.05) is 13.8 Å². The Morgan fingerprint density at radius 1 is 1.27 bits per heavy atom. The Kier molecular flexibility index (Phi) is 5.39. The van der Waals surface area contributed by atoms with Gasteiger partial charge in [0.05, 0.1) is 9.85 Å². The summed E-state index contributed by atoms with van der Waals surface area (Å²) in [6.45, 7) is 5.07. The number of aryl methyl sites for hydroxylation is 1. The molecule has 0 radical (unpaired) electrons. The molecule has 1 rings (SSSR count). The van der Waals surface area contributed by atoms with Gasteiger partial charge in [-0.25, -0.2) is 0 Å². The minimum Gasteiger partial charge on any atom is -0.371 e. The molecule has 22 heavy (non-hydrogen) atoms. The van der Waals surface area contributed by atoms with Crippen molar-refractivity contribution in [3.05, 3.63) is 37.4 Å². The van der Waals surface area contributed by atoms with Gasteiger partial charge in [-0.05, 0) is 25.3 Å². The molecule has 0 saturated carbocycles. The number of carbonyl (C=O) groups is 1. The molecule has 0 heterocycles. The largest absolute Gasteiger partial charge is 0.371 e. The summed E-state index contributed by atoms with van der Waals surface area (Å²) >= 11 is 0. The van der Waals surface area contributed by atoms with E-state index in [1.54, 1.807) is 0 Å². The zero-order valence-corrected chi connectivity index (χ0v) is 12.6. The number of nitrogens with one attached hydrogen (secondary N) is 1. The van der Waals surface area contributed by atoms with Gasteiger partial charge in [0.2, 0.25) is 0 Å².